The molecule has 1 aromatic heterocycles. The molecule has 16 heavy (non-hydrogen) atoms. The first kappa shape index (κ1) is 10.3. The predicted molar refractivity (Wildman–Crippen MR) is 62.1 cm³/mol. The van der Waals surface area contributed by atoms with Crippen LogP contribution in [0.4, 0.5) is 0 Å². The Balaban J connectivity index is 1.98. The maximum absolute atomic E-state index is 5.80. The fourth-order valence-electron chi connectivity index (χ4n) is 3.02. The largest absolute Gasteiger partial charge is 0.348 e. The van der Waals surface area contributed by atoms with Crippen LogP contribution in [0.3, 0.4) is 0 Å². The van der Waals surface area contributed by atoms with Gasteiger partial charge in [-0.15, -0.1) is 0 Å². The van der Waals surface area contributed by atoms with Crippen LogP contribution in [-0.4, -0.2) is 35.6 Å². The van der Waals surface area contributed by atoms with Gasteiger partial charge in [-0.2, -0.15) is 0 Å². The third kappa shape index (κ3) is 1.47. The van der Waals surface area contributed by atoms with Gasteiger partial charge in [0, 0.05) is 31.2 Å². The summed E-state index contributed by atoms with van der Waals surface area (Å²) in [7, 11) is 0. The third-order valence-corrected chi connectivity index (χ3v) is 3.77. The first-order valence-electron chi connectivity index (χ1n) is 6.05. The van der Waals surface area contributed by atoms with Gasteiger partial charge in [0.1, 0.15) is 0 Å². The topological polar surface area (TPSA) is 78.8 Å². The second-order valence-electron chi connectivity index (χ2n) is 4.87. The zero-order valence-electron chi connectivity index (χ0n) is 9.42. The highest BCUT2D eigenvalue weighted by Crippen LogP contribution is 2.33. The van der Waals surface area contributed by atoms with Crippen LogP contribution in [0.1, 0.15) is 24.2 Å². The van der Waals surface area contributed by atoms with Gasteiger partial charge >= 0.3 is 0 Å². The Labute approximate surface area is 95.2 Å². The number of nitrogens with two attached hydrogens (primary N) is 1. The number of nitrogens with one attached hydrogen (secondary N) is 3. The fraction of sp³-hybridized carbons (Fsp3) is 0.727. The first-order valence-corrected chi connectivity index (χ1v) is 6.05. The summed E-state index contributed by atoms with van der Waals surface area (Å²) in [6, 6.07) is 0.368. The maximum Gasteiger partial charge on any atom is 0.0926 e. The number of imidazole rings is 1. The maximum atomic E-state index is 5.80. The molecule has 0 aliphatic carbocycles. The molecule has 0 radical (unpaired) electrons. The van der Waals surface area contributed by atoms with Crippen molar-refractivity contribution in [1.82, 2.24) is 20.6 Å². The van der Waals surface area contributed by atoms with Crippen LogP contribution in [0.5, 0.6) is 0 Å². The minimum absolute atomic E-state index is 0.00979. The normalized spacial score (nSPS) is 33.9. The summed E-state index contributed by atoms with van der Waals surface area (Å²) < 4.78 is 0. The van der Waals surface area contributed by atoms with Gasteiger partial charge in [-0.25, -0.2) is 4.98 Å². The number of aromatic amines is 1. The van der Waals surface area contributed by atoms with Crippen molar-refractivity contribution in [3.63, 3.8) is 0 Å². The molecule has 88 valence electrons. The molecule has 1 spiro atoms. The minimum atomic E-state index is 0.00979. The molecule has 2 atom stereocenters. The van der Waals surface area contributed by atoms with E-state index in [2.05, 4.69) is 20.6 Å². The Bertz CT molecular complexity index is 366. The zero-order chi connectivity index (χ0) is 11.0. The Morgan fingerprint density at radius 1 is 1.56 bits per heavy atom. The average Bonchev–Trinajstić information content (AvgIpc) is 2.79. The molecule has 2 aliphatic rings. The van der Waals surface area contributed by atoms with E-state index in [0.717, 1.165) is 25.9 Å². The number of rotatable bonds is 1. The van der Waals surface area contributed by atoms with Gasteiger partial charge in [-0.05, 0) is 19.4 Å². The molecule has 0 bridgehead atoms. The van der Waals surface area contributed by atoms with Crippen molar-refractivity contribution >= 4 is 0 Å². The van der Waals surface area contributed by atoms with Crippen LogP contribution in [0.2, 0.25) is 0 Å². The van der Waals surface area contributed by atoms with Crippen molar-refractivity contribution in [3.05, 3.63) is 17.7 Å². The molecule has 0 saturated carbocycles. The highest BCUT2D eigenvalue weighted by Gasteiger charge is 2.42. The van der Waals surface area contributed by atoms with E-state index in [1.807, 2.05) is 6.33 Å². The molecule has 5 nitrogen and oxygen atoms in total. The summed E-state index contributed by atoms with van der Waals surface area (Å²) in [5, 5.41) is 7.15. The Morgan fingerprint density at radius 2 is 2.50 bits per heavy atom. The second-order valence-corrected chi connectivity index (χ2v) is 4.87. The molecule has 0 amide bonds. The molecule has 1 saturated heterocycles. The quantitative estimate of drug-likeness (QED) is 0.514. The summed E-state index contributed by atoms with van der Waals surface area (Å²) in [5.74, 6) is 0. The van der Waals surface area contributed by atoms with Gasteiger partial charge < -0.3 is 21.4 Å². The van der Waals surface area contributed by atoms with E-state index >= 15 is 0 Å². The van der Waals surface area contributed by atoms with E-state index < -0.39 is 0 Å². The van der Waals surface area contributed by atoms with Gasteiger partial charge in [0.25, 0.3) is 0 Å². The second kappa shape index (κ2) is 3.84. The van der Waals surface area contributed by atoms with Crippen LogP contribution in [0.15, 0.2) is 6.33 Å². The van der Waals surface area contributed by atoms with Gasteiger partial charge in [0.05, 0.1) is 17.6 Å². The third-order valence-electron chi connectivity index (χ3n) is 3.77. The smallest absolute Gasteiger partial charge is 0.0926 e. The molecule has 1 aromatic rings. The van der Waals surface area contributed by atoms with E-state index in [-0.39, 0.29) is 5.54 Å². The molecule has 3 heterocycles. The fourth-order valence-corrected chi connectivity index (χ4v) is 3.02. The SMILES string of the molecule is NCC1Cc2[nH]cnc2C2(CCCNC2)N1. The summed E-state index contributed by atoms with van der Waals surface area (Å²) >= 11 is 0. The van der Waals surface area contributed by atoms with Crippen molar-refractivity contribution in [2.45, 2.75) is 30.8 Å². The lowest BCUT2D eigenvalue weighted by Crippen LogP contribution is -2.61. The predicted octanol–water partition coefficient (Wildman–Crippen LogP) is -0.539. The Morgan fingerprint density at radius 3 is 3.25 bits per heavy atom. The van der Waals surface area contributed by atoms with Gasteiger partial charge in [0.15, 0.2) is 0 Å². The van der Waals surface area contributed by atoms with Crippen molar-refractivity contribution in [3.8, 4) is 0 Å². The summed E-state index contributed by atoms with van der Waals surface area (Å²) in [6.07, 6.45) is 5.11. The first-order chi connectivity index (χ1) is 7.84. The number of piperidine rings is 1. The molecule has 0 aromatic carbocycles. The lowest BCUT2D eigenvalue weighted by Gasteiger charge is -2.43. The number of H-pyrrole nitrogens is 1. The van der Waals surface area contributed by atoms with Gasteiger partial charge in [-0.3, -0.25) is 0 Å². The standard InChI is InChI=1S/C11H19N5/c12-5-8-4-9-10(15-7-14-9)11(16-8)2-1-3-13-6-11/h7-8,13,16H,1-6,12H2,(H,14,15). The summed E-state index contributed by atoms with van der Waals surface area (Å²) in [6.45, 7) is 2.75. The van der Waals surface area contributed by atoms with Crippen LogP contribution in [0.25, 0.3) is 0 Å². The van der Waals surface area contributed by atoms with E-state index in [0.29, 0.717) is 12.6 Å². The van der Waals surface area contributed by atoms with Crippen molar-refractivity contribution in [2.75, 3.05) is 19.6 Å². The number of fused-ring (bicyclic) bond motifs is 2. The van der Waals surface area contributed by atoms with Crippen molar-refractivity contribution < 1.29 is 0 Å². The zero-order valence-corrected chi connectivity index (χ0v) is 9.42. The minimum Gasteiger partial charge on any atom is -0.348 e. The van der Waals surface area contributed by atoms with Crippen LogP contribution in [-0.2, 0) is 12.0 Å². The van der Waals surface area contributed by atoms with Crippen LogP contribution in [0, 0.1) is 0 Å². The molecular weight excluding hydrogens is 202 g/mol. The number of aromatic nitrogens is 2. The summed E-state index contributed by atoms with van der Waals surface area (Å²) in [4.78, 5) is 7.76. The molecule has 3 rings (SSSR count). The van der Waals surface area contributed by atoms with E-state index in [1.165, 1.54) is 17.8 Å². The molecule has 1 fully saturated rings. The molecule has 2 aliphatic heterocycles. The highest BCUT2D eigenvalue weighted by molar-refractivity contribution is 5.28. The highest BCUT2D eigenvalue weighted by atomic mass is 15.1. The van der Waals surface area contributed by atoms with Gasteiger partial charge in [-0.1, -0.05) is 0 Å². The van der Waals surface area contributed by atoms with E-state index in [4.69, 9.17) is 5.73 Å². The molecular formula is C11H19N5. The molecule has 2 unspecified atom stereocenters. The summed E-state index contributed by atoms with van der Waals surface area (Å²) in [5.41, 5.74) is 8.27. The Kier molecular flexibility index (Phi) is 2.46. The van der Waals surface area contributed by atoms with Gasteiger partial charge in [0.2, 0.25) is 0 Å². The van der Waals surface area contributed by atoms with Crippen molar-refractivity contribution in [1.29, 1.82) is 0 Å². The van der Waals surface area contributed by atoms with Crippen LogP contribution >= 0.6 is 0 Å². The lowest BCUT2D eigenvalue weighted by atomic mass is 9.81. The van der Waals surface area contributed by atoms with Crippen molar-refractivity contribution in [2.24, 2.45) is 5.73 Å². The lowest BCUT2D eigenvalue weighted by molar-refractivity contribution is 0.202. The number of nitrogens with zero attached hydrogens (tertiary/aromatic N) is 1. The average molecular weight is 221 g/mol. The molecule has 5 N–H and O–H groups in total. The molecule has 5 heteroatoms. The number of hydrogen-bond acceptors (Lipinski definition) is 4. The number of hydrogen-bond donors (Lipinski definition) is 4. The Hall–Kier alpha value is -0.910. The van der Waals surface area contributed by atoms with Crippen LogP contribution < -0.4 is 16.4 Å². The van der Waals surface area contributed by atoms with E-state index in [9.17, 15) is 0 Å². The monoisotopic (exact) mass is 221 g/mol. The van der Waals surface area contributed by atoms with E-state index in [1.54, 1.807) is 0 Å².